The van der Waals surface area contributed by atoms with Gasteiger partial charge in [-0.2, -0.15) is 0 Å². The van der Waals surface area contributed by atoms with E-state index in [0.29, 0.717) is 6.54 Å². The molecule has 0 amide bonds. The van der Waals surface area contributed by atoms with E-state index in [-0.39, 0.29) is 5.92 Å². The SMILES string of the molecule is Cc1cc[nH]c1C(=CCCN1CCCC(C(=O)O)C1)c1ccccc1. The van der Waals surface area contributed by atoms with Gasteiger partial charge in [0.1, 0.15) is 0 Å². The van der Waals surface area contributed by atoms with Crippen molar-refractivity contribution in [1.29, 1.82) is 0 Å². The third-order valence-electron chi connectivity index (χ3n) is 4.96. The zero-order valence-electron chi connectivity index (χ0n) is 14.7. The summed E-state index contributed by atoms with van der Waals surface area (Å²) in [6.45, 7) is 4.69. The van der Waals surface area contributed by atoms with Gasteiger partial charge in [0.05, 0.1) is 5.92 Å². The molecule has 3 rings (SSSR count). The van der Waals surface area contributed by atoms with Gasteiger partial charge in [0.2, 0.25) is 0 Å². The molecule has 2 N–H and O–H groups in total. The van der Waals surface area contributed by atoms with Crippen molar-refractivity contribution in [2.75, 3.05) is 19.6 Å². The molecule has 4 heteroatoms. The molecule has 0 bridgehead atoms. The summed E-state index contributed by atoms with van der Waals surface area (Å²) in [6.07, 6.45) is 6.94. The molecule has 1 unspecified atom stereocenters. The molecule has 25 heavy (non-hydrogen) atoms. The largest absolute Gasteiger partial charge is 0.481 e. The van der Waals surface area contributed by atoms with Crippen LogP contribution >= 0.6 is 0 Å². The first kappa shape index (κ1) is 17.5. The molecule has 1 aromatic heterocycles. The number of aromatic amines is 1. The van der Waals surface area contributed by atoms with Gasteiger partial charge in [-0.3, -0.25) is 4.79 Å². The maximum Gasteiger partial charge on any atom is 0.307 e. The Bertz CT molecular complexity index is 733. The lowest BCUT2D eigenvalue weighted by molar-refractivity contribution is -0.143. The number of carboxylic acids is 1. The highest BCUT2D eigenvalue weighted by molar-refractivity contribution is 5.79. The van der Waals surface area contributed by atoms with Crippen molar-refractivity contribution in [3.8, 4) is 0 Å². The molecule has 0 radical (unpaired) electrons. The van der Waals surface area contributed by atoms with E-state index in [1.54, 1.807) is 0 Å². The maximum absolute atomic E-state index is 11.2. The highest BCUT2D eigenvalue weighted by Gasteiger charge is 2.24. The Kier molecular flexibility index (Phi) is 5.71. The summed E-state index contributed by atoms with van der Waals surface area (Å²) in [5.41, 5.74) is 4.82. The summed E-state index contributed by atoms with van der Waals surface area (Å²) in [7, 11) is 0. The van der Waals surface area contributed by atoms with Crippen molar-refractivity contribution in [2.24, 2.45) is 5.92 Å². The van der Waals surface area contributed by atoms with Crippen LogP contribution in [0.3, 0.4) is 0 Å². The van der Waals surface area contributed by atoms with Gasteiger partial charge in [-0.25, -0.2) is 0 Å². The Morgan fingerprint density at radius 2 is 2.12 bits per heavy atom. The van der Waals surface area contributed by atoms with Crippen molar-refractivity contribution < 1.29 is 9.90 Å². The Hall–Kier alpha value is -2.33. The number of aromatic nitrogens is 1. The molecule has 1 atom stereocenters. The van der Waals surface area contributed by atoms with Gasteiger partial charge in [-0.1, -0.05) is 36.4 Å². The topological polar surface area (TPSA) is 56.3 Å². The lowest BCUT2D eigenvalue weighted by atomic mass is 9.97. The zero-order chi connectivity index (χ0) is 17.6. The van der Waals surface area contributed by atoms with E-state index in [0.717, 1.165) is 38.0 Å². The summed E-state index contributed by atoms with van der Waals surface area (Å²) in [4.78, 5) is 16.9. The Labute approximate surface area is 149 Å². The van der Waals surface area contributed by atoms with Gasteiger partial charge in [0, 0.05) is 30.6 Å². The van der Waals surface area contributed by atoms with Crippen LogP contribution < -0.4 is 0 Å². The number of nitrogens with one attached hydrogen (secondary N) is 1. The molecule has 1 aromatic carbocycles. The Morgan fingerprint density at radius 1 is 1.32 bits per heavy atom. The maximum atomic E-state index is 11.2. The van der Waals surface area contributed by atoms with Crippen LogP contribution in [-0.4, -0.2) is 40.6 Å². The highest BCUT2D eigenvalue weighted by atomic mass is 16.4. The molecular formula is C21H26N2O2. The molecule has 4 nitrogen and oxygen atoms in total. The molecule has 0 aliphatic carbocycles. The number of aliphatic carboxylic acids is 1. The van der Waals surface area contributed by atoms with Gasteiger partial charge >= 0.3 is 5.97 Å². The first-order valence-corrected chi connectivity index (χ1v) is 9.00. The molecule has 0 saturated carbocycles. The first-order valence-electron chi connectivity index (χ1n) is 9.00. The second-order valence-electron chi connectivity index (χ2n) is 6.79. The van der Waals surface area contributed by atoms with Crippen LogP contribution in [0.25, 0.3) is 5.57 Å². The number of benzene rings is 1. The number of H-pyrrole nitrogens is 1. The minimum Gasteiger partial charge on any atom is -0.481 e. The molecule has 1 aliphatic rings. The number of hydrogen-bond acceptors (Lipinski definition) is 2. The fourth-order valence-corrected chi connectivity index (χ4v) is 3.57. The average Bonchev–Trinajstić information content (AvgIpc) is 3.05. The lowest BCUT2D eigenvalue weighted by Crippen LogP contribution is -2.39. The van der Waals surface area contributed by atoms with Gasteiger partial charge in [0.15, 0.2) is 0 Å². The summed E-state index contributed by atoms with van der Waals surface area (Å²) in [5.74, 6) is -0.871. The number of carbonyl (C=O) groups is 1. The van der Waals surface area contributed by atoms with E-state index in [2.05, 4.69) is 53.2 Å². The number of piperidine rings is 1. The van der Waals surface area contributed by atoms with Crippen LogP contribution in [0.2, 0.25) is 0 Å². The number of carboxylic acid groups (broad SMARTS) is 1. The summed E-state index contributed by atoms with van der Waals surface area (Å²) in [5, 5.41) is 9.23. The summed E-state index contributed by atoms with van der Waals surface area (Å²) in [6, 6.07) is 12.5. The number of nitrogens with zero attached hydrogens (tertiary/aromatic N) is 1. The number of hydrogen-bond donors (Lipinski definition) is 2. The van der Waals surface area contributed by atoms with Crippen molar-refractivity contribution in [1.82, 2.24) is 9.88 Å². The predicted octanol–water partition coefficient (Wildman–Crippen LogP) is 3.94. The minimum atomic E-state index is -0.660. The van der Waals surface area contributed by atoms with Gasteiger partial charge < -0.3 is 15.0 Å². The predicted molar refractivity (Wildman–Crippen MR) is 100 cm³/mol. The Morgan fingerprint density at radius 3 is 2.80 bits per heavy atom. The molecule has 2 aromatic rings. The van der Waals surface area contributed by atoms with Crippen molar-refractivity contribution >= 4 is 11.5 Å². The fourth-order valence-electron chi connectivity index (χ4n) is 3.57. The van der Waals surface area contributed by atoms with Crippen molar-refractivity contribution in [3.63, 3.8) is 0 Å². The second-order valence-corrected chi connectivity index (χ2v) is 6.79. The first-order chi connectivity index (χ1) is 12.1. The van der Waals surface area contributed by atoms with Gasteiger partial charge in [-0.15, -0.1) is 0 Å². The standard InChI is InChI=1S/C21H26N2O2/c1-16-11-12-22-20(16)19(17-7-3-2-4-8-17)10-6-14-23-13-5-9-18(15-23)21(24)25/h2-4,7-8,10-12,18,22H,5-6,9,13-15H2,1H3,(H,24,25). The normalized spacial score (nSPS) is 19.1. The monoisotopic (exact) mass is 338 g/mol. The van der Waals surface area contributed by atoms with Crippen LogP contribution in [-0.2, 0) is 4.79 Å². The van der Waals surface area contributed by atoms with Gasteiger partial charge in [0.25, 0.3) is 0 Å². The quantitative estimate of drug-likeness (QED) is 0.839. The van der Waals surface area contributed by atoms with Crippen LogP contribution in [0.4, 0.5) is 0 Å². The molecule has 1 saturated heterocycles. The van der Waals surface area contributed by atoms with Crippen molar-refractivity contribution in [2.45, 2.75) is 26.2 Å². The second kappa shape index (κ2) is 8.17. The van der Waals surface area contributed by atoms with E-state index in [1.807, 2.05) is 12.3 Å². The molecule has 1 aliphatic heterocycles. The van der Waals surface area contributed by atoms with Crippen LogP contribution in [0.15, 0.2) is 48.7 Å². The van der Waals surface area contributed by atoms with E-state index in [1.165, 1.54) is 16.7 Å². The van der Waals surface area contributed by atoms with E-state index >= 15 is 0 Å². The number of aryl methyl sites for hydroxylation is 1. The van der Waals surface area contributed by atoms with E-state index in [9.17, 15) is 9.90 Å². The molecule has 132 valence electrons. The fraction of sp³-hybridized carbons (Fsp3) is 0.381. The summed E-state index contributed by atoms with van der Waals surface area (Å²) >= 11 is 0. The zero-order valence-corrected chi connectivity index (χ0v) is 14.7. The number of likely N-dealkylation sites (tertiary alicyclic amines) is 1. The molecular weight excluding hydrogens is 312 g/mol. The smallest absolute Gasteiger partial charge is 0.307 e. The Balaban J connectivity index is 1.72. The minimum absolute atomic E-state index is 0.211. The molecule has 0 spiro atoms. The molecule has 2 heterocycles. The van der Waals surface area contributed by atoms with Crippen LogP contribution in [0.5, 0.6) is 0 Å². The van der Waals surface area contributed by atoms with Crippen molar-refractivity contribution in [3.05, 3.63) is 65.5 Å². The highest BCUT2D eigenvalue weighted by Crippen LogP contribution is 2.25. The summed E-state index contributed by atoms with van der Waals surface area (Å²) < 4.78 is 0. The average molecular weight is 338 g/mol. The van der Waals surface area contributed by atoms with E-state index in [4.69, 9.17) is 0 Å². The van der Waals surface area contributed by atoms with Crippen LogP contribution in [0.1, 0.15) is 36.1 Å². The third-order valence-corrected chi connectivity index (χ3v) is 4.96. The van der Waals surface area contributed by atoms with E-state index < -0.39 is 5.97 Å². The van der Waals surface area contributed by atoms with Crippen LogP contribution in [0, 0.1) is 12.8 Å². The third kappa shape index (κ3) is 4.40. The number of rotatable bonds is 6. The lowest BCUT2D eigenvalue weighted by Gasteiger charge is -2.30. The molecule has 1 fully saturated rings. The van der Waals surface area contributed by atoms with Gasteiger partial charge in [-0.05, 0) is 49.9 Å².